The van der Waals surface area contributed by atoms with E-state index in [1.807, 2.05) is 60.4 Å². The van der Waals surface area contributed by atoms with Crippen molar-refractivity contribution in [2.24, 2.45) is 0 Å². The van der Waals surface area contributed by atoms with Gasteiger partial charge in [0.1, 0.15) is 5.82 Å². The van der Waals surface area contributed by atoms with Crippen LogP contribution in [-0.2, 0) is 11.2 Å². The van der Waals surface area contributed by atoms with Gasteiger partial charge in [-0.25, -0.2) is 9.97 Å². The number of piperidine rings is 1. The Morgan fingerprint density at radius 2 is 1.78 bits per heavy atom. The molecule has 4 rings (SSSR count). The number of aromatic nitrogens is 2. The summed E-state index contributed by atoms with van der Waals surface area (Å²) in [6, 6.07) is 19.4. The van der Waals surface area contributed by atoms with E-state index in [0.717, 1.165) is 31.5 Å². The van der Waals surface area contributed by atoms with E-state index < -0.39 is 0 Å². The van der Waals surface area contributed by atoms with Gasteiger partial charge in [-0.3, -0.25) is 9.59 Å². The van der Waals surface area contributed by atoms with Crippen LogP contribution in [0.3, 0.4) is 0 Å². The van der Waals surface area contributed by atoms with Crippen molar-refractivity contribution in [2.75, 3.05) is 18.4 Å². The first-order chi connectivity index (χ1) is 15.6. The zero-order valence-corrected chi connectivity index (χ0v) is 18.3. The topological polar surface area (TPSA) is 75.2 Å². The minimum Gasteiger partial charge on any atom is -0.342 e. The molecule has 3 aromatic rings. The minimum atomic E-state index is -0.221. The molecule has 1 fully saturated rings. The molecule has 1 saturated heterocycles. The van der Waals surface area contributed by atoms with Gasteiger partial charge in [0.15, 0.2) is 0 Å². The number of hydrogen-bond donors (Lipinski definition) is 1. The fourth-order valence-electron chi connectivity index (χ4n) is 4.09. The van der Waals surface area contributed by atoms with E-state index in [1.165, 1.54) is 5.56 Å². The number of benzene rings is 2. The van der Waals surface area contributed by atoms with Crippen molar-refractivity contribution in [3.63, 3.8) is 0 Å². The van der Waals surface area contributed by atoms with E-state index in [-0.39, 0.29) is 17.7 Å². The standard InChI is InChI=1S/C26H28N4O2/c1-19-23(26(32)29-22-12-6-3-7-13-22)17-27-25(28-19)21-11-8-16-30(18-21)24(31)15-14-20-9-4-2-5-10-20/h2-7,9-10,12-13,17,21H,8,11,14-16,18H2,1H3,(H,29,32)/t21-/m0/s1. The third-order valence-corrected chi connectivity index (χ3v) is 5.88. The van der Waals surface area contributed by atoms with Crippen molar-refractivity contribution in [2.45, 2.75) is 38.5 Å². The number of nitrogens with zero attached hydrogens (tertiary/aromatic N) is 3. The molecule has 0 unspecified atom stereocenters. The molecular weight excluding hydrogens is 400 g/mol. The second kappa shape index (κ2) is 10.2. The van der Waals surface area contributed by atoms with Gasteiger partial charge in [0.25, 0.3) is 5.91 Å². The molecule has 32 heavy (non-hydrogen) atoms. The average Bonchev–Trinajstić information content (AvgIpc) is 2.83. The Labute approximate surface area is 188 Å². The minimum absolute atomic E-state index is 0.0920. The van der Waals surface area contributed by atoms with Crippen molar-refractivity contribution in [1.82, 2.24) is 14.9 Å². The number of carbonyl (C=O) groups excluding carboxylic acids is 2. The molecule has 0 bridgehead atoms. The number of amides is 2. The zero-order chi connectivity index (χ0) is 22.3. The van der Waals surface area contributed by atoms with Crippen LogP contribution in [0, 0.1) is 6.92 Å². The molecule has 2 heterocycles. The predicted molar refractivity (Wildman–Crippen MR) is 124 cm³/mol. The van der Waals surface area contributed by atoms with Crippen molar-refractivity contribution < 1.29 is 9.59 Å². The van der Waals surface area contributed by atoms with Crippen LogP contribution >= 0.6 is 0 Å². The fourth-order valence-corrected chi connectivity index (χ4v) is 4.09. The molecule has 0 radical (unpaired) electrons. The Bertz CT molecular complexity index is 1070. The lowest BCUT2D eigenvalue weighted by Crippen LogP contribution is -2.39. The lowest BCUT2D eigenvalue weighted by molar-refractivity contribution is -0.132. The highest BCUT2D eigenvalue weighted by atomic mass is 16.2. The van der Waals surface area contributed by atoms with Crippen molar-refractivity contribution >= 4 is 17.5 Å². The number of likely N-dealkylation sites (tertiary alicyclic amines) is 1. The van der Waals surface area contributed by atoms with Gasteiger partial charge < -0.3 is 10.2 Å². The van der Waals surface area contributed by atoms with E-state index in [0.29, 0.717) is 30.0 Å². The van der Waals surface area contributed by atoms with Crippen LogP contribution in [-0.4, -0.2) is 39.8 Å². The molecule has 1 N–H and O–H groups in total. The first-order valence-electron chi connectivity index (χ1n) is 11.1. The molecule has 1 aromatic heterocycles. The normalized spacial score (nSPS) is 15.9. The van der Waals surface area contributed by atoms with Gasteiger partial charge in [0, 0.05) is 37.3 Å². The highest BCUT2D eigenvalue weighted by Gasteiger charge is 2.27. The van der Waals surface area contributed by atoms with Crippen LogP contribution in [0.1, 0.15) is 52.6 Å². The SMILES string of the molecule is Cc1nc([C@H]2CCCN(C(=O)CCc3ccccc3)C2)ncc1C(=O)Nc1ccccc1. The average molecular weight is 429 g/mol. The van der Waals surface area contributed by atoms with E-state index in [9.17, 15) is 9.59 Å². The van der Waals surface area contributed by atoms with Gasteiger partial charge in [-0.05, 0) is 43.9 Å². The summed E-state index contributed by atoms with van der Waals surface area (Å²) in [6.45, 7) is 3.24. The van der Waals surface area contributed by atoms with Crippen LogP contribution in [0.25, 0.3) is 0 Å². The number of carbonyl (C=O) groups is 2. The highest BCUT2D eigenvalue weighted by Crippen LogP contribution is 2.26. The third kappa shape index (κ3) is 5.38. The molecule has 0 saturated carbocycles. The molecular formula is C26H28N4O2. The number of rotatable bonds is 6. The van der Waals surface area contributed by atoms with Gasteiger partial charge in [-0.1, -0.05) is 48.5 Å². The van der Waals surface area contributed by atoms with E-state index in [1.54, 1.807) is 6.20 Å². The Balaban J connectivity index is 1.38. The lowest BCUT2D eigenvalue weighted by atomic mass is 9.96. The zero-order valence-electron chi connectivity index (χ0n) is 18.3. The predicted octanol–water partition coefficient (Wildman–Crippen LogP) is 4.38. The van der Waals surface area contributed by atoms with Crippen LogP contribution in [0.2, 0.25) is 0 Å². The summed E-state index contributed by atoms with van der Waals surface area (Å²) in [6.07, 6.45) is 4.74. The van der Waals surface area contributed by atoms with Crippen molar-refractivity contribution in [3.05, 3.63) is 89.5 Å². The number of aryl methyl sites for hydroxylation is 2. The smallest absolute Gasteiger partial charge is 0.259 e. The quantitative estimate of drug-likeness (QED) is 0.632. The Kier molecular flexibility index (Phi) is 6.90. The molecule has 0 spiro atoms. The Morgan fingerprint density at radius 1 is 1.06 bits per heavy atom. The monoisotopic (exact) mass is 428 g/mol. The van der Waals surface area contributed by atoms with E-state index in [2.05, 4.69) is 27.4 Å². The first kappa shape index (κ1) is 21.7. The Hall–Kier alpha value is -3.54. The largest absolute Gasteiger partial charge is 0.342 e. The maximum Gasteiger partial charge on any atom is 0.259 e. The fraction of sp³-hybridized carbons (Fsp3) is 0.308. The van der Waals surface area contributed by atoms with Gasteiger partial charge in [-0.2, -0.15) is 0 Å². The number of nitrogens with one attached hydrogen (secondary N) is 1. The van der Waals surface area contributed by atoms with Gasteiger partial charge in [0.05, 0.1) is 11.3 Å². The van der Waals surface area contributed by atoms with E-state index in [4.69, 9.17) is 0 Å². The Morgan fingerprint density at radius 3 is 2.50 bits per heavy atom. The molecule has 6 heteroatoms. The summed E-state index contributed by atoms with van der Waals surface area (Å²) in [4.78, 5) is 36.4. The van der Waals surface area contributed by atoms with Crippen LogP contribution < -0.4 is 5.32 Å². The van der Waals surface area contributed by atoms with Gasteiger partial charge >= 0.3 is 0 Å². The van der Waals surface area contributed by atoms with E-state index >= 15 is 0 Å². The van der Waals surface area contributed by atoms with Crippen LogP contribution in [0.4, 0.5) is 5.69 Å². The summed E-state index contributed by atoms with van der Waals surface area (Å²) in [5, 5.41) is 2.88. The summed E-state index contributed by atoms with van der Waals surface area (Å²) < 4.78 is 0. The maximum atomic E-state index is 12.8. The van der Waals surface area contributed by atoms with Crippen LogP contribution in [0.5, 0.6) is 0 Å². The summed E-state index contributed by atoms with van der Waals surface area (Å²) in [7, 11) is 0. The van der Waals surface area contributed by atoms with Crippen molar-refractivity contribution in [3.8, 4) is 0 Å². The maximum absolute atomic E-state index is 12.8. The van der Waals surface area contributed by atoms with Crippen molar-refractivity contribution in [1.29, 1.82) is 0 Å². The molecule has 2 aromatic carbocycles. The molecule has 6 nitrogen and oxygen atoms in total. The number of anilines is 1. The molecule has 164 valence electrons. The molecule has 1 atom stereocenters. The molecule has 0 aliphatic carbocycles. The molecule has 2 amide bonds. The summed E-state index contributed by atoms with van der Waals surface area (Å²) >= 11 is 0. The van der Waals surface area contributed by atoms with Gasteiger partial charge in [0.2, 0.25) is 5.91 Å². The second-order valence-electron chi connectivity index (χ2n) is 8.21. The second-order valence-corrected chi connectivity index (χ2v) is 8.21. The highest BCUT2D eigenvalue weighted by molar-refractivity contribution is 6.04. The van der Waals surface area contributed by atoms with Gasteiger partial charge in [-0.15, -0.1) is 0 Å². The summed E-state index contributed by atoms with van der Waals surface area (Å²) in [5.74, 6) is 0.754. The first-order valence-corrected chi connectivity index (χ1v) is 11.1. The molecule has 1 aliphatic rings. The number of para-hydroxylation sites is 1. The lowest BCUT2D eigenvalue weighted by Gasteiger charge is -2.32. The van der Waals surface area contributed by atoms with Crippen LogP contribution in [0.15, 0.2) is 66.9 Å². The number of hydrogen-bond acceptors (Lipinski definition) is 4. The summed E-state index contributed by atoms with van der Waals surface area (Å²) in [5.41, 5.74) is 3.02. The third-order valence-electron chi connectivity index (χ3n) is 5.88. The molecule has 1 aliphatic heterocycles.